The van der Waals surface area contributed by atoms with Gasteiger partial charge in [0.05, 0.1) is 69.2 Å². The monoisotopic (exact) mass is 1020 g/mol. The van der Waals surface area contributed by atoms with E-state index in [1.54, 1.807) is 62.7 Å². The Morgan fingerprint density at radius 3 is 1.71 bits per heavy atom. The van der Waals surface area contributed by atoms with Crippen molar-refractivity contribution in [1.29, 1.82) is 0 Å². The number of carbonyl (C=O) groups is 3. The molecule has 66 heavy (non-hydrogen) atoms. The molecule has 2 aromatic carbocycles. The molecule has 6 atom stereocenters. The lowest BCUT2D eigenvalue weighted by atomic mass is 10.1. The second kappa shape index (κ2) is 23.8. The van der Waals surface area contributed by atoms with Gasteiger partial charge in [-0.05, 0) is 77.3 Å². The molecule has 0 spiro atoms. The van der Waals surface area contributed by atoms with Gasteiger partial charge in [0.15, 0.2) is 35.5 Å². The van der Waals surface area contributed by atoms with E-state index in [1.807, 2.05) is 0 Å². The van der Waals surface area contributed by atoms with Gasteiger partial charge >= 0.3 is 22.7 Å². The van der Waals surface area contributed by atoms with E-state index in [1.165, 1.54) is 14.2 Å². The second-order valence-corrected chi connectivity index (χ2v) is 24.9. The molecular weight excluding hydrogens is 958 g/mol. The van der Waals surface area contributed by atoms with Crippen molar-refractivity contribution in [2.45, 2.75) is 101 Å². The Kier molecular flexibility index (Phi) is 18.8. The number of methoxy groups -OCH3 is 2. The Morgan fingerprint density at radius 1 is 0.803 bits per heavy atom. The Morgan fingerprint density at radius 2 is 1.27 bits per heavy atom. The first-order valence-electron chi connectivity index (χ1n) is 22.0. The highest BCUT2D eigenvalue weighted by atomic mass is 33.1. The molecule has 4 heterocycles. The minimum absolute atomic E-state index is 0.00264. The van der Waals surface area contributed by atoms with Crippen molar-refractivity contribution in [1.82, 2.24) is 15.1 Å². The Balaban J connectivity index is 1.11. The van der Waals surface area contributed by atoms with Gasteiger partial charge in [-0.1, -0.05) is 21.6 Å². The van der Waals surface area contributed by atoms with Gasteiger partial charge in [0.1, 0.15) is 0 Å². The molecule has 0 saturated carbocycles. The van der Waals surface area contributed by atoms with E-state index < -0.39 is 54.4 Å². The summed E-state index contributed by atoms with van der Waals surface area (Å²) in [6.07, 6.45) is 4.86. The number of ether oxygens (including phenoxy) is 4. The van der Waals surface area contributed by atoms with E-state index in [0.29, 0.717) is 116 Å². The first kappa shape index (κ1) is 52.1. The summed E-state index contributed by atoms with van der Waals surface area (Å²) in [7, 11) is 5.20. The molecule has 3 amide bonds. The zero-order chi connectivity index (χ0) is 47.6. The van der Waals surface area contributed by atoms with Crippen LogP contribution in [0.5, 0.6) is 23.0 Å². The number of fused-ring (bicyclic) bond motifs is 4. The van der Waals surface area contributed by atoms with E-state index in [2.05, 4.69) is 29.8 Å². The van der Waals surface area contributed by atoms with Gasteiger partial charge in [-0.15, -0.1) is 0 Å². The van der Waals surface area contributed by atoms with Gasteiger partial charge in [0.2, 0.25) is 5.91 Å². The van der Waals surface area contributed by atoms with E-state index in [9.17, 15) is 36.5 Å². The molecule has 6 rings (SSSR count). The molecule has 4 aliphatic heterocycles. The van der Waals surface area contributed by atoms with Crippen LogP contribution >= 0.6 is 28.7 Å². The van der Waals surface area contributed by atoms with Crippen molar-refractivity contribution in [3.05, 3.63) is 35.4 Å². The largest absolute Gasteiger partial charge is 0.493 e. The number of amides is 3. The fraction of sp³-hybridized carbons (Fsp3) is 0.643. The maximum absolute atomic E-state index is 14.8. The van der Waals surface area contributed by atoms with E-state index in [-0.39, 0.29) is 35.7 Å². The van der Waals surface area contributed by atoms with Crippen LogP contribution in [0, 0.1) is 0 Å². The molecule has 0 aliphatic carbocycles. The zero-order valence-electron chi connectivity index (χ0n) is 37.9. The van der Waals surface area contributed by atoms with Crippen molar-refractivity contribution in [2.24, 2.45) is 0 Å². The van der Waals surface area contributed by atoms with Crippen LogP contribution in [0.15, 0.2) is 24.3 Å². The average Bonchev–Trinajstić information content (AvgIpc) is 3.95. The summed E-state index contributed by atoms with van der Waals surface area (Å²) in [5.74, 6) is 1.61. The fourth-order valence-corrected chi connectivity index (χ4v) is 15.1. The molecule has 0 radical (unpaired) electrons. The van der Waals surface area contributed by atoms with Crippen molar-refractivity contribution in [3.63, 3.8) is 0 Å². The predicted octanol–water partition coefficient (Wildman–Crippen LogP) is 6.40. The van der Waals surface area contributed by atoms with Crippen molar-refractivity contribution >= 4 is 80.5 Å². The maximum atomic E-state index is 14.8. The molecule has 2 aromatic rings. The summed E-state index contributed by atoms with van der Waals surface area (Å²) in [6, 6.07) is 5.56. The van der Waals surface area contributed by atoms with Crippen LogP contribution in [0.1, 0.15) is 92.4 Å². The van der Waals surface area contributed by atoms with Crippen LogP contribution in [0.4, 0.5) is 11.4 Å². The number of nitrogens with one attached hydrogen (secondary N) is 3. The quantitative estimate of drug-likeness (QED) is 0.0313. The highest BCUT2D eigenvalue weighted by Crippen LogP contribution is 2.49. The van der Waals surface area contributed by atoms with Gasteiger partial charge < -0.3 is 49.3 Å². The third-order valence-corrected chi connectivity index (χ3v) is 19.7. The first-order chi connectivity index (χ1) is 31.5. The standard InChI is InChI=1S/C42H62N5O14PS4/c1-42(2,14-13-37(48)43-3)64-63-22-10-21-62(51,19-8-17-58-35-25-29-27(23-33(35)56-4)40(49)46-15-6-11-31(46)38(44-29)60-65(52)53)20-9-18-59-36-26-30-28(24-34(36)57-5)41(50)47-16-7-12-32(47)39(45-30)61-66(54)55/h23-26,31-32,38-39,44-45H,6-22H2,1-5H3,(H,43,48)(H,52,53)(H,54,55)/t31-,32-,38?,39?,62?/m0/s1. The molecule has 0 bridgehead atoms. The molecule has 4 unspecified atom stereocenters. The van der Waals surface area contributed by atoms with Gasteiger partial charge in [-0.3, -0.25) is 23.5 Å². The number of nitrogens with zero attached hydrogens (tertiary/aromatic N) is 2. The maximum Gasteiger partial charge on any atom is 0.304 e. The molecule has 24 heteroatoms. The molecule has 0 aromatic heterocycles. The normalized spacial score (nSPS) is 22.0. The summed E-state index contributed by atoms with van der Waals surface area (Å²) in [5, 5.41) is 8.94. The number of carbonyl (C=O) groups excluding carboxylic acids is 3. The summed E-state index contributed by atoms with van der Waals surface area (Å²) >= 11 is -5.15. The van der Waals surface area contributed by atoms with Crippen LogP contribution in [0.25, 0.3) is 0 Å². The number of rotatable bonds is 25. The number of hydrogen-bond acceptors (Lipinski definition) is 16. The molecule has 2 fully saturated rings. The van der Waals surface area contributed by atoms with E-state index >= 15 is 0 Å². The third-order valence-electron chi connectivity index (χ3n) is 12.1. The third kappa shape index (κ3) is 13.5. The topological polar surface area (TPSA) is 241 Å². The van der Waals surface area contributed by atoms with Crippen LogP contribution in [0.3, 0.4) is 0 Å². The molecule has 2 saturated heterocycles. The molecule has 19 nitrogen and oxygen atoms in total. The Labute approximate surface area is 399 Å². The lowest BCUT2D eigenvalue weighted by Crippen LogP contribution is -2.45. The van der Waals surface area contributed by atoms with Crippen LogP contribution in [-0.4, -0.2) is 146 Å². The molecule has 368 valence electrons. The van der Waals surface area contributed by atoms with Gasteiger partial charge in [0.25, 0.3) is 11.8 Å². The van der Waals surface area contributed by atoms with Gasteiger partial charge in [-0.25, -0.2) is 8.37 Å². The van der Waals surface area contributed by atoms with Gasteiger partial charge in [0, 0.05) is 67.7 Å². The lowest BCUT2D eigenvalue weighted by molar-refractivity contribution is -0.120. The highest BCUT2D eigenvalue weighted by molar-refractivity contribution is 8.77. The lowest BCUT2D eigenvalue weighted by Gasteiger charge is -2.27. The smallest absolute Gasteiger partial charge is 0.304 e. The number of benzene rings is 2. The predicted molar refractivity (Wildman–Crippen MR) is 257 cm³/mol. The second-order valence-electron chi connectivity index (χ2n) is 17.1. The van der Waals surface area contributed by atoms with Crippen molar-refractivity contribution in [2.75, 3.05) is 82.4 Å². The number of anilines is 2. The highest BCUT2D eigenvalue weighted by Gasteiger charge is 2.43. The van der Waals surface area contributed by atoms with Crippen molar-refractivity contribution < 1.29 is 63.8 Å². The summed E-state index contributed by atoms with van der Waals surface area (Å²) < 4.78 is 91.5. The number of hydrogen-bond donors (Lipinski definition) is 5. The Bertz CT molecular complexity index is 2030. The van der Waals surface area contributed by atoms with Crippen LogP contribution in [-0.2, 0) is 40.4 Å². The molecule has 4 aliphatic rings. The van der Waals surface area contributed by atoms with Gasteiger partial charge in [-0.2, -0.15) is 8.42 Å². The van der Waals surface area contributed by atoms with Crippen LogP contribution < -0.4 is 34.9 Å². The summed E-state index contributed by atoms with van der Waals surface area (Å²) in [5.41, 5.74) is 1.40. The minimum Gasteiger partial charge on any atom is -0.493 e. The molecular formula is C42H62N5O14PS4. The summed E-state index contributed by atoms with van der Waals surface area (Å²) in [4.78, 5) is 42.4. The first-order valence-corrected chi connectivity index (χ1v) is 28.7. The van der Waals surface area contributed by atoms with E-state index in [0.717, 1.165) is 25.0 Å². The summed E-state index contributed by atoms with van der Waals surface area (Å²) in [6.45, 7) is 5.56. The fourth-order valence-electron chi connectivity index (χ4n) is 8.74. The average molecular weight is 1020 g/mol. The SMILES string of the molecule is CNC(=O)CCC(C)(C)SSCCCP(=O)(CCCOc1cc2c(cc1OC)C(=O)N1CCC[C@H]1C(OS(=O)O)N2)CCCOc1cc2c(cc1OC)C(=O)N1CCC[C@H]1C(OS(=O)O)N2. The van der Waals surface area contributed by atoms with Crippen molar-refractivity contribution in [3.8, 4) is 23.0 Å². The van der Waals surface area contributed by atoms with Crippen LogP contribution in [0.2, 0.25) is 0 Å². The van der Waals surface area contributed by atoms with E-state index in [4.69, 9.17) is 27.3 Å². The zero-order valence-corrected chi connectivity index (χ0v) is 42.1. The molecule has 5 N–H and O–H groups in total. The minimum atomic E-state index is -2.80. The Hall–Kier alpha value is -3.28.